The topological polar surface area (TPSA) is 51.8 Å². The van der Waals surface area contributed by atoms with Crippen LogP contribution in [0.3, 0.4) is 0 Å². The van der Waals surface area contributed by atoms with E-state index in [1.807, 2.05) is 36.4 Å². The maximum absolute atomic E-state index is 5.32. The summed E-state index contributed by atoms with van der Waals surface area (Å²) in [6.45, 7) is 0. The first kappa shape index (κ1) is 11.4. The summed E-state index contributed by atoms with van der Waals surface area (Å²) in [7, 11) is 0. The first-order chi connectivity index (χ1) is 8.92. The number of aromatic nitrogens is 3. The molecule has 0 amide bonds. The standard InChI is InChI=1S/C12H9N3OS2/c1-2-4-9(5-3-1)11-6-10(15-16-11)7-17-12-14-13-8-18-12/h1-6,8H,7H2. The van der Waals surface area contributed by atoms with Crippen LogP contribution in [0.2, 0.25) is 0 Å². The van der Waals surface area contributed by atoms with Crippen LogP contribution >= 0.6 is 23.1 Å². The molecule has 1 aromatic carbocycles. The van der Waals surface area contributed by atoms with Gasteiger partial charge in [0.2, 0.25) is 0 Å². The van der Waals surface area contributed by atoms with Crippen molar-refractivity contribution in [2.24, 2.45) is 0 Å². The maximum Gasteiger partial charge on any atom is 0.174 e. The fraction of sp³-hybridized carbons (Fsp3) is 0.0833. The monoisotopic (exact) mass is 275 g/mol. The Kier molecular flexibility index (Phi) is 3.38. The van der Waals surface area contributed by atoms with E-state index in [2.05, 4.69) is 15.4 Å². The van der Waals surface area contributed by atoms with Gasteiger partial charge in [0.15, 0.2) is 10.1 Å². The summed E-state index contributed by atoms with van der Waals surface area (Å²) in [4.78, 5) is 0. The van der Waals surface area contributed by atoms with E-state index in [0.717, 1.165) is 27.1 Å². The van der Waals surface area contributed by atoms with Gasteiger partial charge in [0.25, 0.3) is 0 Å². The summed E-state index contributed by atoms with van der Waals surface area (Å²) in [5.41, 5.74) is 3.67. The molecule has 4 nitrogen and oxygen atoms in total. The zero-order chi connectivity index (χ0) is 12.2. The molecule has 0 bridgehead atoms. The largest absolute Gasteiger partial charge is 0.356 e. The van der Waals surface area contributed by atoms with Crippen molar-refractivity contribution in [3.05, 3.63) is 47.6 Å². The van der Waals surface area contributed by atoms with E-state index in [-0.39, 0.29) is 0 Å². The molecular formula is C12H9N3OS2. The predicted octanol–water partition coefficient (Wildman–Crippen LogP) is 3.49. The van der Waals surface area contributed by atoms with Crippen molar-refractivity contribution in [1.82, 2.24) is 15.4 Å². The van der Waals surface area contributed by atoms with Gasteiger partial charge in [-0.1, -0.05) is 58.6 Å². The fourth-order valence-electron chi connectivity index (χ4n) is 1.48. The third-order valence-corrected chi connectivity index (χ3v) is 4.19. The molecule has 0 aliphatic heterocycles. The predicted molar refractivity (Wildman–Crippen MR) is 71.4 cm³/mol. The molecule has 0 atom stereocenters. The molecule has 0 aliphatic rings. The average molecular weight is 275 g/mol. The normalized spacial score (nSPS) is 10.7. The van der Waals surface area contributed by atoms with Crippen LogP contribution in [0.5, 0.6) is 0 Å². The van der Waals surface area contributed by atoms with Gasteiger partial charge in [-0.2, -0.15) is 0 Å². The van der Waals surface area contributed by atoms with Crippen LogP contribution in [0, 0.1) is 0 Å². The van der Waals surface area contributed by atoms with Crippen LogP contribution in [-0.2, 0) is 5.75 Å². The lowest BCUT2D eigenvalue weighted by Crippen LogP contribution is -1.78. The second-order valence-electron chi connectivity index (χ2n) is 3.54. The Hall–Kier alpha value is -1.66. The molecule has 3 aromatic rings. The van der Waals surface area contributed by atoms with Crippen molar-refractivity contribution in [3.8, 4) is 11.3 Å². The number of nitrogens with zero attached hydrogens (tertiary/aromatic N) is 3. The number of hydrogen-bond acceptors (Lipinski definition) is 6. The lowest BCUT2D eigenvalue weighted by molar-refractivity contribution is 0.426. The molecule has 0 aliphatic carbocycles. The van der Waals surface area contributed by atoms with E-state index in [4.69, 9.17) is 4.52 Å². The van der Waals surface area contributed by atoms with Gasteiger partial charge in [0, 0.05) is 17.4 Å². The highest BCUT2D eigenvalue weighted by atomic mass is 32.2. The van der Waals surface area contributed by atoms with Gasteiger partial charge in [-0.25, -0.2) is 0 Å². The van der Waals surface area contributed by atoms with E-state index >= 15 is 0 Å². The van der Waals surface area contributed by atoms with Crippen LogP contribution in [0.1, 0.15) is 5.69 Å². The van der Waals surface area contributed by atoms with E-state index in [0.29, 0.717) is 0 Å². The quantitative estimate of drug-likeness (QED) is 0.682. The van der Waals surface area contributed by atoms with Gasteiger partial charge in [0.1, 0.15) is 5.51 Å². The summed E-state index contributed by atoms with van der Waals surface area (Å²) >= 11 is 3.14. The lowest BCUT2D eigenvalue weighted by Gasteiger charge is -1.91. The van der Waals surface area contributed by atoms with Crippen LogP contribution in [0.15, 0.2) is 50.8 Å². The zero-order valence-corrected chi connectivity index (χ0v) is 10.9. The number of rotatable bonds is 4. The third-order valence-electron chi connectivity index (χ3n) is 2.30. The summed E-state index contributed by atoms with van der Waals surface area (Å²) in [5.74, 6) is 1.54. The summed E-state index contributed by atoms with van der Waals surface area (Å²) in [5, 5.41) is 11.8. The molecule has 0 saturated carbocycles. The van der Waals surface area contributed by atoms with E-state index in [1.165, 1.54) is 11.3 Å². The lowest BCUT2D eigenvalue weighted by atomic mass is 10.2. The van der Waals surface area contributed by atoms with Gasteiger partial charge in [0.05, 0.1) is 5.69 Å². The molecule has 2 heterocycles. The smallest absolute Gasteiger partial charge is 0.174 e. The van der Waals surface area contributed by atoms with Gasteiger partial charge < -0.3 is 4.52 Å². The van der Waals surface area contributed by atoms with E-state index in [9.17, 15) is 0 Å². The minimum Gasteiger partial charge on any atom is -0.356 e. The molecule has 2 aromatic heterocycles. The minimum atomic E-state index is 0.742. The van der Waals surface area contributed by atoms with Crippen LogP contribution in [0.4, 0.5) is 0 Å². The number of thioether (sulfide) groups is 1. The van der Waals surface area contributed by atoms with Crippen molar-refractivity contribution in [3.63, 3.8) is 0 Å². The van der Waals surface area contributed by atoms with Gasteiger partial charge in [-0.3, -0.25) is 0 Å². The molecule has 0 radical (unpaired) electrons. The Labute approximate surface area is 112 Å². The summed E-state index contributed by atoms with van der Waals surface area (Å²) in [6, 6.07) is 11.9. The SMILES string of the molecule is c1ccc(-c2cc(CSc3nncs3)no2)cc1. The fourth-order valence-corrected chi connectivity index (χ4v) is 2.85. The highest BCUT2D eigenvalue weighted by Gasteiger charge is 2.07. The highest BCUT2D eigenvalue weighted by molar-refractivity contribution is 8.00. The molecule has 90 valence electrons. The Morgan fingerprint density at radius 3 is 2.89 bits per heavy atom. The summed E-state index contributed by atoms with van der Waals surface area (Å²) < 4.78 is 6.27. The molecule has 0 saturated heterocycles. The maximum atomic E-state index is 5.32. The molecule has 0 spiro atoms. The van der Waals surface area contributed by atoms with Crippen LogP contribution < -0.4 is 0 Å². The number of hydrogen-bond donors (Lipinski definition) is 0. The van der Waals surface area contributed by atoms with E-state index in [1.54, 1.807) is 17.3 Å². The van der Waals surface area contributed by atoms with Crippen molar-refractivity contribution in [1.29, 1.82) is 0 Å². The van der Waals surface area contributed by atoms with Gasteiger partial charge in [-0.05, 0) is 0 Å². The van der Waals surface area contributed by atoms with Crippen molar-refractivity contribution >= 4 is 23.1 Å². The van der Waals surface area contributed by atoms with Crippen LogP contribution in [0.25, 0.3) is 11.3 Å². The molecule has 6 heteroatoms. The second-order valence-corrected chi connectivity index (χ2v) is 5.60. The Bertz CT molecular complexity index is 607. The average Bonchev–Trinajstić information content (AvgIpc) is 3.09. The molecule has 0 unspecified atom stereocenters. The molecule has 0 fully saturated rings. The van der Waals surface area contributed by atoms with Gasteiger partial charge in [-0.15, -0.1) is 10.2 Å². The highest BCUT2D eigenvalue weighted by Crippen LogP contribution is 2.26. The van der Waals surface area contributed by atoms with E-state index < -0.39 is 0 Å². The third kappa shape index (κ3) is 2.60. The van der Waals surface area contributed by atoms with Crippen LogP contribution in [-0.4, -0.2) is 15.4 Å². The molecule has 3 rings (SSSR count). The minimum absolute atomic E-state index is 0.742. The van der Waals surface area contributed by atoms with Crippen molar-refractivity contribution in [2.75, 3.05) is 0 Å². The molecular weight excluding hydrogens is 266 g/mol. The van der Waals surface area contributed by atoms with Crippen molar-refractivity contribution in [2.45, 2.75) is 10.1 Å². The Balaban J connectivity index is 1.70. The molecule has 0 N–H and O–H groups in total. The first-order valence-corrected chi connectivity index (χ1v) is 7.18. The second kappa shape index (κ2) is 5.32. The Morgan fingerprint density at radius 2 is 2.11 bits per heavy atom. The van der Waals surface area contributed by atoms with Crippen molar-refractivity contribution < 1.29 is 4.52 Å². The summed E-state index contributed by atoms with van der Waals surface area (Å²) in [6.07, 6.45) is 0. The Morgan fingerprint density at radius 1 is 1.22 bits per heavy atom. The number of benzene rings is 1. The molecule has 18 heavy (non-hydrogen) atoms. The van der Waals surface area contributed by atoms with Gasteiger partial charge >= 0.3 is 0 Å². The zero-order valence-electron chi connectivity index (χ0n) is 9.31. The first-order valence-electron chi connectivity index (χ1n) is 5.32.